The van der Waals surface area contributed by atoms with Crippen LogP contribution in [0.5, 0.6) is 0 Å². The van der Waals surface area contributed by atoms with E-state index >= 15 is 0 Å². The van der Waals surface area contributed by atoms with Gasteiger partial charge in [-0.15, -0.1) is 0 Å². The van der Waals surface area contributed by atoms with Gasteiger partial charge in [-0.05, 0) is 41.8 Å². The number of aromatic nitrogens is 4. The molecule has 7 nitrogen and oxygen atoms in total. The lowest BCUT2D eigenvalue weighted by Crippen LogP contribution is -2.44. The number of nitrogens with zero attached hydrogens (tertiary/aromatic N) is 5. The van der Waals surface area contributed by atoms with Crippen LogP contribution in [0.15, 0.2) is 30.3 Å². The molecule has 1 aromatic heterocycles. The molecule has 122 valence electrons. The summed E-state index contributed by atoms with van der Waals surface area (Å²) in [5, 5.41) is 15.1. The van der Waals surface area contributed by atoms with Crippen molar-refractivity contribution in [3.05, 3.63) is 30.3 Å². The molecular weight excluding hydrogens is 292 g/mol. The summed E-state index contributed by atoms with van der Waals surface area (Å²) in [4.78, 5) is 14.3. The normalized spacial score (nSPS) is 18.0. The molecule has 1 amide bonds. The number of anilines is 1. The summed E-state index contributed by atoms with van der Waals surface area (Å²) in [5.41, 5.74) is 0.921. The van der Waals surface area contributed by atoms with Crippen LogP contribution in [0, 0.1) is 5.92 Å². The number of para-hydroxylation sites is 1. The lowest BCUT2D eigenvalue weighted by Gasteiger charge is -2.32. The van der Waals surface area contributed by atoms with Gasteiger partial charge in [-0.2, -0.15) is 4.68 Å². The smallest absolute Gasteiger partial charge is 0.250 e. The van der Waals surface area contributed by atoms with E-state index in [-0.39, 0.29) is 11.8 Å². The summed E-state index contributed by atoms with van der Waals surface area (Å²) < 4.78 is 1.73. The van der Waals surface area contributed by atoms with Gasteiger partial charge in [-0.25, -0.2) is 0 Å². The van der Waals surface area contributed by atoms with Crippen molar-refractivity contribution in [2.75, 3.05) is 24.5 Å². The number of hydrogen-bond donors (Lipinski definition) is 1. The van der Waals surface area contributed by atoms with Crippen molar-refractivity contribution >= 4 is 11.9 Å². The van der Waals surface area contributed by atoms with Crippen molar-refractivity contribution < 1.29 is 4.79 Å². The van der Waals surface area contributed by atoms with Crippen molar-refractivity contribution in [3.63, 3.8) is 0 Å². The third-order valence-corrected chi connectivity index (χ3v) is 4.08. The fourth-order valence-electron chi connectivity index (χ4n) is 2.88. The van der Waals surface area contributed by atoms with Crippen LogP contribution in [0.2, 0.25) is 0 Å². The molecule has 23 heavy (non-hydrogen) atoms. The minimum absolute atomic E-state index is 0.00350. The second kappa shape index (κ2) is 7.21. The molecule has 1 fully saturated rings. The standard InChI is InChI=1S/C16H22N6O/c1-2-10-17-15(23)13-7-6-11-21(12-13)16-18-19-20-22(16)14-8-4-3-5-9-14/h3-5,8-9,13H,2,6-7,10-12H2,1H3,(H,17,23). The first-order valence-electron chi connectivity index (χ1n) is 8.16. The van der Waals surface area contributed by atoms with Gasteiger partial charge in [0.15, 0.2) is 0 Å². The Balaban J connectivity index is 1.75. The van der Waals surface area contributed by atoms with Crippen LogP contribution in [-0.2, 0) is 4.79 Å². The number of carbonyl (C=O) groups excluding carboxylic acids is 1. The van der Waals surface area contributed by atoms with Crippen LogP contribution >= 0.6 is 0 Å². The van der Waals surface area contributed by atoms with Crippen LogP contribution in [0.3, 0.4) is 0 Å². The maximum atomic E-state index is 12.2. The van der Waals surface area contributed by atoms with Crippen molar-refractivity contribution in [1.29, 1.82) is 0 Å². The highest BCUT2D eigenvalue weighted by Crippen LogP contribution is 2.23. The van der Waals surface area contributed by atoms with Crippen LogP contribution in [0.25, 0.3) is 5.69 Å². The predicted molar refractivity (Wildman–Crippen MR) is 87.4 cm³/mol. The quantitative estimate of drug-likeness (QED) is 0.903. The third-order valence-electron chi connectivity index (χ3n) is 4.08. The monoisotopic (exact) mass is 314 g/mol. The van der Waals surface area contributed by atoms with Crippen molar-refractivity contribution in [2.45, 2.75) is 26.2 Å². The van der Waals surface area contributed by atoms with E-state index in [2.05, 4.69) is 32.7 Å². The molecule has 7 heteroatoms. The number of amides is 1. The average Bonchev–Trinajstić information content (AvgIpc) is 3.10. The molecular formula is C16H22N6O. The molecule has 3 rings (SSSR count). The first kappa shape index (κ1) is 15.5. The summed E-state index contributed by atoms with van der Waals surface area (Å²) >= 11 is 0. The van der Waals surface area contributed by atoms with Gasteiger partial charge in [-0.1, -0.05) is 30.2 Å². The Morgan fingerprint density at radius 2 is 2.17 bits per heavy atom. The molecule has 1 N–H and O–H groups in total. The number of tetrazole rings is 1. The van der Waals surface area contributed by atoms with E-state index in [9.17, 15) is 4.79 Å². The van der Waals surface area contributed by atoms with Gasteiger partial charge >= 0.3 is 0 Å². The van der Waals surface area contributed by atoms with Gasteiger partial charge in [0.25, 0.3) is 0 Å². The van der Waals surface area contributed by atoms with E-state index in [0.29, 0.717) is 12.5 Å². The average molecular weight is 314 g/mol. The Bertz CT molecular complexity index is 641. The SMILES string of the molecule is CCCNC(=O)C1CCCN(c2nnnn2-c2ccccc2)C1. The maximum Gasteiger partial charge on any atom is 0.250 e. The highest BCUT2D eigenvalue weighted by molar-refractivity contribution is 5.79. The Kier molecular flexibility index (Phi) is 4.85. The van der Waals surface area contributed by atoms with Gasteiger partial charge in [0.2, 0.25) is 11.9 Å². The predicted octanol–water partition coefficient (Wildman–Crippen LogP) is 1.40. The number of piperidine rings is 1. The van der Waals surface area contributed by atoms with Gasteiger partial charge in [-0.3, -0.25) is 4.79 Å². The third kappa shape index (κ3) is 3.49. The fourth-order valence-corrected chi connectivity index (χ4v) is 2.88. The summed E-state index contributed by atoms with van der Waals surface area (Å²) in [6.45, 7) is 4.31. The van der Waals surface area contributed by atoms with E-state index in [1.165, 1.54) is 0 Å². The maximum absolute atomic E-state index is 12.2. The molecule has 1 aliphatic heterocycles. The number of benzene rings is 1. The lowest BCUT2D eigenvalue weighted by molar-refractivity contribution is -0.125. The molecule has 2 aromatic rings. The van der Waals surface area contributed by atoms with E-state index in [4.69, 9.17) is 0 Å². The van der Waals surface area contributed by atoms with Crippen LogP contribution in [-0.4, -0.2) is 45.7 Å². The Morgan fingerprint density at radius 3 is 2.96 bits per heavy atom. The summed E-state index contributed by atoms with van der Waals surface area (Å²) in [7, 11) is 0. The molecule has 0 bridgehead atoms. The molecule has 0 saturated carbocycles. The summed E-state index contributed by atoms with van der Waals surface area (Å²) in [6.07, 6.45) is 2.83. The number of nitrogens with one attached hydrogen (secondary N) is 1. The molecule has 1 unspecified atom stereocenters. The minimum Gasteiger partial charge on any atom is -0.356 e. The first-order chi connectivity index (χ1) is 11.3. The number of rotatable bonds is 5. The van der Waals surface area contributed by atoms with E-state index in [0.717, 1.165) is 38.0 Å². The second-order valence-electron chi connectivity index (χ2n) is 5.80. The topological polar surface area (TPSA) is 75.9 Å². The molecule has 0 radical (unpaired) electrons. The van der Waals surface area contributed by atoms with Crippen LogP contribution < -0.4 is 10.2 Å². The largest absolute Gasteiger partial charge is 0.356 e. The molecule has 1 aliphatic rings. The first-order valence-corrected chi connectivity index (χ1v) is 8.16. The van der Waals surface area contributed by atoms with Crippen molar-refractivity contribution in [3.8, 4) is 5.69 Å². The fraction of sp³-hybridized carbons (Fsp3) is 0.500. The number of carbonyl (C=O) groups is 1. The summed E-state index contributed by atoms with van der Waals surface area (Å²) in [5.74, 6) is 0.829. The van der Waals surface area contributed by atoms with E-state index < -0.39 is 0 Å². The van der Waals surface area contributed by atoms with Crippen LogP contribution in [0.4, 0.5) is 5.95 Å². The van der Waals surface area contributed by atoms with Crippen molar-refractivity contribution in [1.82, 2.24) is 25.5 Å². The molecule has 1 atom stereocenters. The molecule has 1 aromatic carbocycles. The molecule has 1 saturated heterocycles. The summed E-state index contributed by atoms with van der Waals surface area (Å²) in [6, 6.07) is 9.81. The highest BCUT2D eigenvalue weighted by Gasteiger charge is 2.28. The van der Waals surface area contributed by atoms with Gasteiger partial charge in [0.05, 0.1) is 11.6 Å². The van der Waals surface area contributed by atoms with Gasteiger partial charge < -0.3 is 10.2 Å². The highest BCUT2D eigenvalue weighted by atomic mass is 16.1. The zero-order valence-electron chi connectivity index (χ0n) is 13.4. The van der Waals surface area contributed by atoms with Crippen LogP contribution in [0.1, 0.15) is 26.2 Å². The molecule has 0 aliphatic carbocycles. The molecule has 2 heterocycles. The number of hydrogen-bond acceptors (Lipinski definition) is 5. The van der Waals surface area contributed by atoms with Gasteiger partial charge in [0.1, 0.15) is 0 Å². The van der Waals surface area contributed by atoms with E-state index in [1.807, 2.05) is 30.3 Å². The Hall–Kier alpha value is -2.44. The minimum atomic E-state index is -0.00350. The Labute approximate surface area is 135 Å². The Morgan fingerprint density at radius 1 is 1.35 bits per heavy atom. The van der Waals surface area contributed by atoms with Crippen molar-refractivity contribution in [2.24, 2.45) is 5.92 Å². The lowest BCUT2D eigenvalue weighted by atomic mass is 9.97. The molecule has 0 spiro atoms. The zero-order valence-corrected chi connectivity index (χ0v) is 13.4. The van der Waals surface area contributed by atoms with E-state index in [1.54, 1.807) is 4.68 Å². The second-order valence-corrected chi connectivity index (χ2v) is 5.80. The van der Waals surface area contributed by atoms with Gasteiger partial charge in [0, 0.05) is 19.6 Å². The zero-order chi connectivity index (χ0) is 16.1.